The Hall–Kier alpha value is -0.120. The molecule has 0 N–H and O–H groups in total. The lowest BCUT2D eigenvalue weighted by molar-refractivity contribution is 0.0839. The Balaban J connectivity index is 1.48. The average molecular weight is 237 g/mol. The molecule has 3 aliphatic rings. The smallest absolute Gasteiger partial charge is 0.00395 e. The summed E-state index contributed by atoms with van der Waals surface area (Å²) in [5.74, 6) is 0.960. The normalized spacial score (nSPS) is 32.1. The van der Waals surface area contributed by atoms with Crippen LogP contribution in [0.2, 0.25) is 0 Å². The zero-order chi connectivity index (χ0) is 11.9. The molecule has 1 spiro atoms. The van der Waals surface area contributed by atoms with Gasteiger partial charge in [0, 0.05) is 26.2 Å². The van der Waals surface area contributed by atoms with Crippen LogP contribution in [0, 0.1) is 11.3 Å². The first-order valence-electron chi connectivity index (χ1n) is 7.25. The lowest BCUT2D eigenvalue weighted by Crippen LogP contribution is -2.49. The van der Waals surface area contributed by atoms with E-state index >= 15 is 0 Å². The molecule has 3 saturated heterocycles. The van der Waals surface area contributed by atoms with E-state index < -0.39 is 0 Å². The highest BCUT2D eigenvalue weighted by molar-refractivity contribution is 4.94. The van der Waals surface area contributed by atoms with Gasteiger partial charge < -0.3 is 14.7 Å². The second-order valence-corrected chi connectivity index (χ2v) is 6.88. The third kappa shape index (κ3) is 2.51. The van der Waals surface area contributed by atoms with Gasteiger partial charge in [0.25, 0.3) is 0 Å². The van der Waals surface area contributed by atoms with Gasteiger partial charge in [0.15, 0.2) is 0 Å². The molecule has 0 radical (unpaired) electrons. The number of likely N-dealkylation sites (tertiary alicyclic amines) is 3. The van der Waals surface area contributed by atoms with E-state index in [1.165, 1.54) is 65.1 Å². The highest BCUT2D eigenvalue weighted by atomic mass is 15.2. The van der Waals surface area contributed by atoms with Crippen molar-refractivity contribution < 1.29 is 0 Å². The van der Waals surface area contributed by atoms with E-state index in [2.05, 4.69) is 28.8 Å². The van der Waals surface area contributed by atoms with Gasteiger partial charge >= 0.3 is 0 Å². The predicted octanol–water partition coefficient (Wildman–Crippen LogP) is 0.966. The molecule has 0 amide bonds. The number of nitrogens with zero attached hydrogens (tertiary/aromatic N) is 3. The zero-order valence-electron chi connectivity index (χ0n) is 11.5. The van der Waals surface area contributed by atoms with E-state index in [-0.39, 0.29) is 0 Å². The van der Waals surface area contributed by atoms with Gasteiger partial charge in [-0.1, -0.05) is 0 Å². The summed E-state index contributed by atoms with van der Waals surface area (Å²) in [4.78, 5) is 7.68. The molecule has 3 heteroatoms. The van der Waals surface area contributed by atoms with Gasteiger partial charge in [0.2, 0.25) is 0 Å². The second-order valence-electron chi connectivity index (χ2n) is 6.88. The maximum Gasteiger partial charge on any atom is 0.00395 e. The van der Waals surface area contributed by atoms with E-state index in [9.17, 15) is 0 Å². The van der Waals surface area contributed by atoms with Crippen LogP contribution in [-0.2, 0) is 0 Å². The van der Waals surface area contributed by atoms with E-state index in [4.69, 9.17) is 0 Å². The summed E-state index contributed by atoms with van der Waals surface area (Å²) >= 11 is 0. The molecule has 3 rings (SSSR count). The third-order valence-corrected chi connectivity index (χ3v) is 5.22. The van der Waals surface area contributed by atoms with E-state index in [0.29, 0.717) is 5.41 Å². The number of piperidine rings is 1. The molecule has 3 aliphatic heterocycles. The molecule has 3 heterocycles. The van der Waals surface area contributed by atoms with Crippen molar-refractivity contribution in [3.8, 4) is 0 Å². The van der Waals surface area contributed by atoms with Gasteiger partial charge in [0.1, 0.15) is 0 Å². The maximum absolute atomic E-state index is 2.75. The largest absolute Gasteiger partial charge is 0.306 e. The summed E-state index contributed by atoms with van der Waals surface area (Å²) in [6, 6.07) is 0. The van der Waals surface area contributed by atoms with Gasteiger partial charge in [0.05, 0.1) is 0 Å². The Labute approximate surface area is 106 Å². The van der Waals surface area contributed by atoms with E-state index in [1.54, 1.807) is 0 Å². The first-order valence-corrected chi connectivity index (χ1v) is 7.25. The van der Waals surface area contributed by atoms with Gasteiger partial charge in [-0.15, -0.1) is 0 Å². The lowest BCUT2D eigenvalue weighted by Gasteiger charge is -2.40. The van der Waals surface area contributed by atoms with Crippen molar-refractivity contribution >= 4 is 0 Å². The van der Waals surface area contributed by atoms with Crippen LogP contribution in [0.1, 0.15) is 19.3 Å². The van der Waals surface area contributed by atoms with Crippen LogP contribution < -0.4 is 0 Å². The molecule has 17 heavy (non-hydrogen) atoms. The van der Waals surface area contributed by atoms with Gasteiger partial charge in [-0.3, -0.25) is 0 Å². The minimum absolute atomic E-state index is 0.697. The fraction of sp³-hybridized carbons (Fsp3) is 1.00. The molecule has 0 aromatic carbocycles. The summed E-state index contributed by atoms with van der Waals surface area (Å²) in [7, 11) is 4.50. The van der Waals surface area contributed by atoms with Crippen LogP contribution in [0.5, 0.6) is 0 Å². The number of hydrogen-bond donors (Lipinski definition) is 0. The van der Waals surface area contributed by atoms with Crippen LogP contribution in [0.25, 0.3) is 0 Å². The summed E-state index contributed by atoms with van der Waals surface area (Å²) < 4.78 is 0. The fourth-order valence-corrected chi connectivity index (χ4v) is 3.99. The minimum atomic E-state index is 0.697. The number of hydrogen-bond acceptors (Lipinski definition) is 3. The Morgan fingerprint density at radius 3 is 2.24 bits per heavy atom. The summed E-state index contributed by atoms with van der Waals surface area (Å²) in [5, 5.41) is 0. The van der Waals surface area contributed by atoms with Crippen LogP contribution >= 0.6 is 0 Å². The highest BCUT2D eigenvalue weighted by Crippen LogP contribution is 2.40. The summed E-state index contributed by atoms with van der Waals surface area (Å²) in [6.07, 6.45) is 4.33. The van der Waals surface area contributed by atoms with Crippen molar-refractivity contribution in [2.45, 2.75) is 19.3 Å². The molecule has 3 fully saturated rings. The molecule has 0 aromatic heterocycles. The first kappa shape index (κ1) is 11.9. The minimum Gasteiger partial charge on any atom is -0.306 e. The fourth-order valence-electron chi connectivity index (χ4n) is 3.99. The van der Waals surface area contributed by atoms with Crippen LogP contribution in [0.4, 0.5) is 0 Å². The molecular formula is C14H27N3. The Morgan fingerprint density at radius 2 is 1.59 bits per heavy atom. The molecule has 3 nitrogen and oxygen atoms in total. The molecule has 98 valence electrons. The van der Waals surface area contributed by atoms with Crippen LogP contribution in [0.15, 0.2) is 0 Å². The molecule has 0 atom stereocenters. The van der Waals surface area contributed by atoms with Gasteiger partial charge in [-0.25, -0.2) is 0 Å². The Morgan fingerprint density at radius 1 is 0.941 bits per heavy atom. The molecule has 0 bridgehead atoms. The quantitative estimate of drug-likeness (QED) is 0.708. The first-order chi connectivity index (χ1) is 8.15. The highest BCUT2D eigenvalue weighted by Gasteiger charge is 2.40. The van der Waals surface area contributed by atoms with Gasteiger partial charge in [-0.2, -0.15) is 0 Å². The Bertz CT molecular complexity index is 265. The predicted molar refractivity (Wildman–Crippen MR) is 71.2 cm³/mol. The topological polar surface area (TPSA) is 9.72 Å². The lowest BCUT2D eigenvalue weighted by atomic mass is 9.78. The van der Waals surface area contributed by atoms with E-state index in [1.807, 2.05) is 0 Å². The van der Waals surface area contributed by atoms with Crippen molar-refractivity contribution in [3.05, 3.63) is 0 Å². The third-order valence-electron chi connectivity index (χ3n) is 5.22. The SMILES string of the molecule is CN1CCC2(CC1)CCN(CC1CN(C)C1)C2. The Kier molecular flexibility index (Phi) is 3.18. The molecule has 0 aliphatic carbocycles. The monoisotopic (exact) mass is 237 g/mol. The van der Waals surface area contributed by atoms with Crippen LogP contribution in [0.3, 0.4) is 0 Å². The zero-order valence-corrected chi connectivity index (χ0v) is 11.5. The molecular weight excluding hydrogens is 210 g/mol. The summed E-state index contributed by atoms with van der Waals surface area (Å²) in [5.41, 5.74) is 0.697. The van der Waals surface area contributed by atoms with Crippen molar-refractivity contribution in [2.75, 3.05) is 59.9 Å². The number of rotatable bonds is 2. The van der Waals surface area contributed by atoms with Crippen molar-refractivity contribution in [1.82, 2.24) is 14.7 Å². The molecule has 0 saturated carbocycles. The van der Waals surface area contributed by atoms with Crippen molar-refractivity contribution in [1.29, 1.82) is 0 Å². The van der Waals surface area contributed by atoms with Crippen molar-refractivity contribution in [3.63, 3.8) is 0 Å². The van der Waals surface area contributed by atoms with Crippen LogP contribution in [-0.4, -0.2) is 74.6 Å². The van der Waals surface area contributed by atoms with E-state index in [0.717, 1.165) is 5.92 Å². The van der Waals surface area contributed by atoms with Crippen molar-refractivity contribution in [2.24, 2.45) is 11.3 Å². The second kappa shape index (κ2) is 4.52. The summed E-state index contributed by atoms with van der Waals surface area (Å²) in [6.45, 7) is 9.41. The molecule has 0 aromatic rings. The molecule has 0 unspecified atom stereocenters. The average Bonchev–Trinajstić information content (AvgIpc) is 2.65. The van der Waals surface area contributed by atoms with Gasteiger partial charge in [-0.05, 0) is 64.3 Å². The maximum atomic E-state index is 2.75. The standard InChI is InChI=1S/C14H27N3/c1-15-6-3-14(4-7-15)5-8-17(12-14)11-13-9-16(2)10-13/h13H,3-12H2,1-2H3.